The van der Waals surface area contributed by atoms with Gasteiger partial charge >= 0.3 is 0 Å². The minimum Gasteiger partial charge on any atom is -0.508 e. The van der Waals surface area contributed by atoms with Gasteiger partial charge in [-0.3, -0.25) is 0 Å². The van der Waals surface area contributed by atoms with Crippen molar-refractivity contribution in [2.45, 2.75) is 52.1 Å². The lowest BCUT2D eigenvalue weighted by Crippen LogP contribution is -2.41. The zero-order valence-electron chi connectivity index (χ0n) is 12.0. The number of aromatic hydroxyl groups is 1. The molecule has 2 rings (SSSR count). The Morgan fingerprint density at radius 2 is 2.05 bits per heavy atom. The van der Waals surface area contributed by atoms with Crippen LogP contribution in [0.3, 0.4) is 0 Å². The first kappa shape index (κ1) is 14.3. The normalized spacial score (nSPS) is 29.2. The van der Waals surface area contributed by atoms with Crippen LogP contribution < -0.4 is 5.32 Å². The van der Waals surface area contributed by atoms with Crippen molar-refractivity contribution in [2.75, 3.05) is 0 Å². The molecule has 0 aromatic heterocycles. The number of halogens is 1. The molecule has 2 nitrogen and oxygen atoms in total. The van der Waals surface area contributed by atoms with Gasteiger partial charge in [0.15, 0.2) is 0 Å². The summed E-state index contributed by atoms with van der Waals surface area (Å²) in [6.07, 6.45) is 3.70. The summed E-state index contributed by atoms with van der Waals surface area (Å²) < 4.78 is 13.8. The van der Waals surface area contributed by atoms with Crippen molar-refractivity contribution in [1.29, 1.82) is 0 Å². The van der Waals surface area contributed by atoms with E-state index < -0.39 is 0 Å². The monoisotopic (exact) mass is 265 g/mol. The van der Waals surface area contributed by atoms with Gasteiger partial charge in [-0.2, -0.15) is 0 Å². The second kappa shape index (κ2) is 5.91. The van der Waals surface area contributed by atoms with Gasteiger partial charge < -0.3 is 10.4 Å². The molecule has 0 bridgehead atoms. The van der Waals surface area contributed by atoms with Crippen molar-refractivity contribution in [2.24, 2.45) is 11.8 Å². The van der Waals surface area contributed by atoms with Crippen LogP contribution in [0, 0.1) is 17.7 Å². The van der Waals surface area contributed by atoms with Gasteiger partial charge in [-0.15, -0.1) is 0 Å². The van der Waals surface area contributed by atoms with Crippen LogP contribution in [0.4, 0.5) is 4.39 Å². The molecule has 0 spiro atoms. The van der Waals surface area contributed by atoms with Gasteiger partial charge in [-0.1, -0.05) is 32.8 Å². The number of nitrogens with one attached hydrogen (secondary N) is 1. The summed E-state index contributed by atoms with van der Waals surface area (Å²) >= 11 is 0. The van der Waals surface area contributed by atoms with Gasteiger partial charge in [0.2, 0.25) is 0 Å². The molecule has 1 aromatic rings. The maximum atomic E-state index is 13.8. The lowest BCUT2D eigenvalue weighted by atomic mass is 9.77. The highest BCUT2D eigenvalue weighted by Crippen LogP contribution is 2.31. The minimum absolute atomic E-state index is 0.0203. The zero-order chi connectivity index (χ0) is 14.0. The first-order chi connectivity index (χ1) is 8.99. The standard InChI is InChI=1S/C16H24FNO/c1-10-5-4-6-16(11(10)2)18-12(3)14-8-7-13(19)9-15(14)17/h7-12,16,18-19H,4-6H2,1-3H3. The van der Waals surface area contributed by atoms with Gasteiger partial charge in [0.1, 0.15) is 11.6 Å². The molecule has 0 radical (unpaired) electrons. The molecular weight excluding hydrogens is 241 g/mol. The fraction of sp³-hybridized carbons (Fsp3) is 0.625. The largest absolute Gasteiger partial charge is 0.508 e. The number of hydrogen-bond donors (Lipinski definition) is 2. The van der Waals surface area contributed by atoms with Crippen LogP contribution in [0.5, 0.6) is 5.75 Å². The smallest absolute Gasteiger partial charge is 0.131 e. The summed E-state index contributed by atoms with van der Waals surface area (Å²) in [4.78, 5) is 0. The number of benzene rings is 1. The van der Waals surface area contributed by atoms with Crippen LogP contribution in [0.1, 0.15) is 51.6 Å². The number of hydrogen-bond acceptors (Lipinski definition) is 2. The van der Waals surface area contributed by atoms with Gasteiger partial charge in [0, 0.05) is 23.7 Å². The summed E-state index contributed by atoms with van der Waals surface area (Å²) in [7, 11) is 0. The predicted molar refractivity (Wildman–Crippen MR) is 75.6 cm³/mol. The molecular formula is C16H24FNO. The van der Waals surface area contributed by atoms with Crippen LogP contribution in [0.2, 0.25) is 0 Å². The molecule has 0 amide bonds. The molecule has 0 aliphatic heterocycles. The second-order valence-electron chi connectivity index (χ2n) is 5.97. The SMILES string of the molecule is CC(NC1CCCC(C)C1C)c1ccc(O)cc1F. The maximum absolute atomic E-state index is 13.8. The quantitative estimate of drug-likeness (QED) is 0.865. The fourth-order valence-corrected chi connectivity index (χ4v) is 3.10. The molecule has 0 saturated heterocycles. The summed E-state index contributed by atoms with van der Waals surface area (Å²) in [5, 5.41) is 12.8. The average Bonchev–Trinajstić information content (AvgIpc) is 2.34. The van der Waals surface area contributed by atoms with E-state index in [0.29, 0.717) is 17.5 Å². The summed E-state index contributed by atoms with van der Waals surface area (Å²) in [6, 6.07) is 4.81. The van der Waals surface area contributed by atoms with E-state index in [1.54, 1.807) is 12.1 Å². The van der Waals surface area contributed by atoms with E-state index in [-0.39, 0.29) is 17.6 Å². The number of rotatable bonds is 3. The van der Waals surface area contributed by atoms with Crippen molar-refractivity contribution >= 4 is 0 Å². The second-order valence-corrected chi connectivity index (χ2v) is 5.97. The van der Waals surface area contributed by atoms with Gasteiger partial charge in [-0.25, -0.2) is 4.39 Å². The van der Waals surface area contributed by atoms with Crippen molar-refractivity contribution < 1.29 is 9.50 Å². The van der Waals surface area contributed by atoms with Crippen LogP contribution in [0.25, 0.3) is 0 Å². The van der Waals surface area contributed by atoms with E-state index in [2.05, 4.69) is 19.2 Å². The first-order valence-corrected chi connectivity index (χ1v) is 7.23. The van der Waals surface area contributed by atoms with Crippen LogP contribution >= 0.6 is 0 Å². The molecule has 4 unspecified atom stereocenters. The molecule has 19 heavy (non-hydrogen) atoms. The third kappa shape index (κ3) is 3.27. The highest BCUT2D eigenvalue weighted by Gasteiger charge is 2.28. The summed E-state index contributed by atoms with van der Waals surface area (Å²) in [5.41, 5.74) is 0.628. The first-order valence-electron chi connectivity index (χ1n) is 7.23. The Morgan fingerprint density at radius 3 is 2.74 bits per heavy atom. The highest BCUT2D eigenvalue weighted by molar-refractivity contribution is 5.29. The van der Waals surface area contributed by atoms with Crippen molar-refractivity contribution in [3.63, 3.8) is 0 Å². The van der Waals surface area contributed by atoms with E-state index in [4.69, 9.17) is 0 Å². The highest BCUT2D eigenvalue weighted by atomic mass is 19.1. The van der Waals surface area contributed by atoms with Gasteiger partial charge in [-0.05, 0) is 31.2 Å². The van der Waals surface area contributed by atoms with Crippen LogP contribution in [-0.4, -0.2) is 11.1 Å². The summed E-state index contributed by atoms with van der Waals surface area (Å²) in [6.45, 7) is 6.56. The molecule has 3 heteroatoms. The van der Waals surface area contributed by atoms with Gasteiger partial charge in [0.05, 0.1) is 0 Å². The van der Waals surface area contributed by atoms with Crippen molar-refractivity contribution in [3.8, 4) is 5.75 Å². The zero-order valence-corrected chi connectivity index (χ0v) is 12.0. The van der Waals surface area contributed by atoms with Crippen LogP contribution in [-0.2, 0) is 0 Å². The van der Waals surface area contributed by atoms with Crippen molar-refractivity contribution in [1.82, 2.24) is 5.32 Å². The molecule has 1 fully saturated rings. The number of phenols is 1. The molecule has 1 aliphatic carbocycles. The van der Waals surface area contributed by atoms with E-state index in [9.17, 15) is 9.50 Å². The van der Waals surface area contributed by atoms with E-state index in [1.807, 2.05) is 6.92 Å². The van der Waals surface area contributed by atoms with Gasteiger partial charge in [0.25, 0.3) is 0 Å². The third-order valence-corrected chi connectivity index (χ3v) is 4.62. The minimum atomic E-state index is -0.337. The Kier molecular flexibility index (Phi) is 4.46. The van der Waals surface area contributed by atoms with E-state index in [1.165, 1.54) is 18.9 Å². The lowest BCUT2D eigenvalue weighted by molar-refractivity contribution is 0.195. The molecule has 1 saturated carbocycles. The maximum Gasteiger partial charge on any atom is 0.131 e. The molecule has 4 atom stereocenters. The Labute approximate surface area is 115 Å². The Morgan fingerprint density at radius 1 is 1.32 bits per heavy atom. The Hall–Kier alpha value is -1.09. The topological polar surface area (TPSA) is 32.3 Å². The molecule has 0 heterocycles. The van der Waals surface area contributed by atoms with E-state index >= 15 is 0 Å². The number of phenolic OH excluding ortho intramolecular Hbond substituents is 1. The molecule has 1 aliphatic rings. The summed E-state index contributed by atoms with van der Waals surface area (Å²) in [5.74, 6) is 0.990. The average molecular weight is 265 g/mol. The Bertz CT molecular complexity index is 435. The molecule has 106 valence electrons. The lowest BCUT2D eigenvalue weighted by Gasteiger charge is -2.36. The van der Waals surface area contributed by atoms with Crippen molar-refractivity contribution in [3.05, 3.63) is 29.6 Å². The third-order valence-electron chi connectivity index (χ3n) is 4.62. The predicted octanol–water partition coefficient (Wildman–Crippen LogP) is 4.01. The molecule has 2 N–H and O–H groups in total. The fourth-order valence-electron chi connectivity index (χ4n) is 3.10. The van der Waals surface area contributed by atoms with E-state index in [0.717, 1.165) is 12.3 Å². The molecule has 1 aromatic carbocycles. The van der Waals surface area contributed by atoms with Crippen LogP contribution in [0.15, 0.2) is 18.2 Å². The Balaban J connectivity index is 2.05.